The molecular formula is C42H74Cl2N2O8. The number of unbranched alkanes of at least 4 members (excludes halogenated alkanes) is 14. The summed E-state index contributed by atoms with van der Waals surface area (Å²) in [5, 5.41) is 26.7. The Hall–Kier alpha value is -2.14. The highest BCUT2D eigenvalue weighted by atomic mass is 35.5. The smallest absolute Gasteiger partial charge is 0.321 e. The molecule has 0 aromatic heterocycles. The Balaban J connectivity index is 3.79. The van der Waals surface area contributed by atoms with Gasteiger partial charge in [-0.15, -0.1) is 23.2 Å². The number of carbonyl (C=O) groups is 4. The molecule has 0 heterocycles. The molecule has 2 amide bonds. The topological polar surface area (TPSA) is 151 Å². The summed E-state index contributed by atoms with van der Waals surface area (Å²) in [5.41, 5.74) is 0. The number of alkyl halides is 2. The largest absolute Gasteiger partial charge is 0.459 e. The molecule has 4 unspecified atom stereocenters. The molecule has 0 saturated heterocycles. The van der Waals surface area contributed by atoms with Crippen molar-refractivity contribution in [3.63, 3.8) is 0 Å². The summed E-state index contributed by atoms with van der Waals surface area (Å²) in [4.78, 5) is 47.4. The van der Waals surface area contributed by atoms with Crippen LogP contribution in [0, 0.1) is 0 Å². The van der Waals surface area contributed by atoms with E-state index in [2.05, 4.69) is 36.6 Å². The molecule has 0 aromatic rings. The second-order valence-corrected chi connectivity index (χ2v) is 14.7. The summed E-state index contributed by atoms with van der Waals surface area (Å²) in [6.07, 6.45) is 26.6. The fourth-order valence-electron chi connectivity index (χ4n) is 6.00. The van der Waals surface area contributed by atoms with Crippen molar-refractivity contribution in [2.24, 2.45) is 0 Å². The maximum absolute atomic E-state index is 12.1. The van der Waals surface area contributed by atoms with Crippen LogP contribution in [0.5, 0.6) is 0 Å². The number of esters is 2. The van der Waals surface area contributed by atoms with E-state index < -0.39 is 36.4 Å². The zero-order valence-electron chi connectivity index (χ0n) is 33.5. The Morgan fingerprint density at radius 1 is 0.537 bits per heavy atom. The third-order valence-electron chi connectivity index (χ3n) is 9.23. The molecule has 54 heavy (non-hydrogen) atoms. The van der Waals surface area contributed by atoms with Crippen LogP contribution in [-0.2, 0) is 28.7 Å². The van der Waals surface area contributed by atoms with Crippen LogP contribution in [0.1, 0.15) is 168 Å². The molecule has 4 N–H and O–H groups in total. The van der Waals surface area contributed by atoms with E-state index in [-0.39, 0.29) is 23.6 Å². The normalized spacial score (nSPS) is 13.8. The van der Waals surface area contributed by atoms with Gasteiger partial charge in [-0.2, -0.15) is 0 Å². The molecular weight excluding hydrogens is 731 g/mol. The number of carbonyl (C=O) groups excluding carboxylic acids is 4. The summed E-state index contributed by atoms with van der Waals surface area (Å²) in [7, 11) is 0. The van der Waals surface area contributed by atoms with Crippen LogP contribution in [0.15, 0.2) is 24.3 Å². The molecule has 314 valence electrons. The van der Waals surface area contributed by atoms with Crippen LogP contribution < -0.4 is 10.6 Å². The van der Waals surface area contributed by atoms with Gasteiger partial charge in [-0.25, -0.2) is 0 Å². The Morgan fingerprint density at radius 2 is 0.907 bits per heavy atom. The highest BCUT2D eigenvalue weighted by Gasteiger charge is 2.23. The van der Waals surface area contributed by atoms with Gasteiger partial charge in [-0.3, -0.25) is 19.2 Å². The first-order valence-electron chi connectivity index (χ1n) is 20.9. The first-order chi connectivity index (χ1) is 26.2. The van der Waals surface area contributed by atoms with Crippen molar-refractivity contribution >= 4 is 47.0 Å². The van der Waals surface area contributed by atoms with Gasteiger partial charge >= 0.3 is 11.9 Å². The Labute approximate surface area is 336 Å². The van der Waals surface area contributed by atoms with E-state index in [4.69, 9.17) is 32.7 Å². The fourth-order valence-corrected chi connectivity index (χ4v) is 6.12. The van der Waals surface area contributed by atoms with Crippen LogP contribution in [-0.4, -0.2) is 83.2 Å². The van der Waals surface area contributed by atoms with E-state index in [0.717, 1.165) is 116 Å². The predicted octanol–water partition coefficient (Wildman–Crippen LogP) is 8.76. The zero-order valence-corrected chi connectivity index (χ0v) is 35.0. The van der Waals surface area contributed by atoms with Gasteiger partial charge in [0.15, 0.2) is 0 Å². The summed E-state index contributed by atoms with van der Waals surface area (Å²) in [5.74, 6) is -1.38. The Morgan fingerprint density at radius 3 is 1.28 bits per heavy atom. The average molecular weight is 806 g/mol. The maximum Gasteiger partial charge on any atom is 0.321 e. The summed E-state index contributed by atoms with van der Waals surface area (Å²) < 4.78 is 10.7. The van der Waals surface area contributed by atoms with Crippen LogP contribution in [0.25, 0.3) is 0 Å². The highest BCUT2D eigenvalue weighted by molar-refractivity contribution is 6.26. The Bertz CT molecular complexity index is 935. The lowest BCUT2D eigenvalue weighted by atomic mass is 10.0. The summed E-state index contributed by atoms with van der Waals surface area (Å²) in [6.45, 7) is 5.08. The lowest BCUT2D eigenvalue weighted by Crippen LogP contribution is -2.34. The van der Waals surface area contributed by atoms with Gasteiger partial charge in [0, 0.05) is 25.9 Å². The SMILES string of the molecule is CCCCCC(OC(=O)CCl)C(O)C/C=C/CCCCCCCC(=O)NCCNC(=O)CCCCCCC/C=C/CC(O)C(CCCCC)OC(=O)CCl. The lowest BCUT2D eigenvalue weighted by Gasteiger charge is -2.22. The number of nitrogens with one attached hydrogen (secondary N) is 2. The Kier molecular flexibility index (Phi) is 36.3. The minimum absolute atomic E-state index is 0.0147. The van der Waals surface area contributed by atoms with Gasteiger partial charge in [-0.1, -0.05) is 102 Å². The zero-order chi connectivity index (χ0) is 40.1. The second kappa shape index (κ2) is 37.8. The first kappa shape index (κ1) is 51.9. The fraction of sp³-hybridized carbons (Fsp3) is 0.810. The van der Waals surface area contributed by atoms with Crippen LogP contribution in [0.3, 0.4) is 0 Å². The molecule has 4 atom stereocenters. The van der Waals surface area contributed by atoms with Crippen LogP contribution >= 0.6 is 23.2 Å². The number of aliphatic hydroxyl groups excluding tert-OH is 2. The third-order valence-corrected chi connectivity index (χ3v) is 9.67. The van der Waals surface area contributed by atoms with E-state index in [1.54, 1.807) is 0 Å². The molecule has 0 fully saturated rings. The number of hydrogen-bond acceptors (Lipinski definition) is 8. The van der Waals surface area contributed by atoms with Crippen LogP contribution in [0.2, 0.25) is 0 Å². The van der Waals surface area contributed by atoms with Gasteiger partial charge in [-0.05, 0) is 77.0 Å². The molecule has 12 heteroatoms. The van der Waals surface area contributed by atoms with E-state index in [0.29, 0.717) is 51.6 Å². The van der Waals surface area contributed by atoms with Crippen molar-refractivity contribution in [2.75, 3.05) is 24.8 Å². The molecule has 0 radical (unpaired) electrons. The molecule has 0 saturated carbocycles. The number of ether oxygens (including phenoxy) is 2. The van der Waals surface area contributed by atoms with Crippen LogP contribution in [0.4, 0.5) is 0 Å². The predicted molar refractivity (Wildman–Crippen MR) is 220 cm³/mol. The van der Waals surface area contributed by atoms with Crippen molar-refractivity contribution in [1.29, 1.82) is 0 Å². The highest BCUT2D eigenvalue weighted by Crippen LogP contribution is 2.17. The van der Waals surface area contributed by atoms with Gasteiger partial charge < -0.3 is 30.3 Å². The molecule has 0 bridgehead atoms. The quantitative estimate of drug-likeness (QED) is 0.0211. The number of aliphatic hydroxyl groups is 2. The molecule has 0 aliphatic heterocycles. The van der Waals surface area contributed by atoms with E-state index in [1.165, 1.54) is 0 Å². The number of allylic oxidation sites excluding steroid dienone is 2. The third kappa shape index (κ3) is 32.1. The minimum atomic E-state index is -0.729. The average Bonchev–Trinajstić information content (AvgIpc) is 3.16. The van der Waals surface area contributed by atoms with E-state index in [1.807, 2.05) is 12.2 Å². The van der Waals surface area contributed by atoms with E-state index in [9.17, 15) is 29.4 Å². The van der Waals surface area contributed by atoms with Gasteiger partial charge in [0.05, 0.1) is 12.2 Å². The number of hydrogen-bond donors (Lipinski definition) is 4. The summed E-state index contributed by atoms with van der Waals surface area (Å²) >= 11 is 11.1. The minimum Gasteiger partial charge on any atom is -0.459 e. The molecule has 0 aliphatic rings. The molecule has 0 aliphatic carbocycles. The first-order valence-corrected chi connectivity index (χ1v) is 22.0. The van der Waals surface area contributed by atoms with E-state index >= 15 is 0 Å². The standard InChI is InChI=1S/C42H74Cl2N2O8/c1-3-5-19-27-37(53-41(51)33-43)35(47)25-21-15-11-7-9-13-17-23-29-39(49)45-31-32-46-40(50)30-24-18-14-10-8-12-16-22-26-36(48)38(28-20-6-4-2)54-42(52)34-44/h15-16,21-22,35-38,47-48H,3-14,17-20,23-34H2,1-2H3,(H,45,49)(H,46,50)/b21-15+,22-16+. The van der Waals surface area contributed by atoms with Crippen molar-refractivity contribution in [3.05, 3.63) is 24.3 Å². The van der Waals surface area contributed by atoms with Crippen molar-refractivity contribution in [2.45, 2.75) is 192 Å². The monoisotopic (exact) mass is 804 g/mol. The van der Waals surface area contributed by atoms with Crippen molar-refractivity contribution in [1.82, 2.24) is 10.6 Å². The molecule has 0 spiro atoms. The van der Waals surface area contributed by atoms with Gasteiger partial charge in [0.1, 0.15) is 24.0 Å². The van der Waals surface area contributed by atoms with Crippen molar-refractivity contribution < 1.29 is 38.9 Å². The van der Waals surface area contributed by atoms with Gasteiger partial charge in [0.2, 0.25) is 11.8 Å². The van der Waals surface area contributed by atoms with Gasteiger partial charge in [0.25, 0.3) is 0 Å². The maximum atomic E-state index is 12.1. The number of rotatable bonds is 37. The molecule has 10 nitrogen and oxygen atoms in total. The molecule has 0 rings (SSSR count). The number of halogens is 2. The number of amides is 2. The molecule has 0 aromatic carbocycles. The summed E-state index contributed by atoms with van der Waals surface area (Å²) in [6, 6.07) is 0. The van der Waals surface area contributed by atoms with Crippen molar-refractivity contribution in [3.8, 4) is 0 Å². The lowest BCUT2D eigenvalue weighted by molar-refractivity contribution is -0.153. The second-order valence-electron chi connectivity index (χ2n) is 14.2.